The van der Waals surface area contributed by atoms with Crippen molar-refractivity contribution in [2.24, 2.45) is 18.9 Å². The third-order valence-electron chi connectivity index (χ3n) is 8.54. The van der Waals surface area contributed by atoms with Crippen LogP contribution in [0.25, 0.3) is 33.2 Å². The molecule has 2 aliphatic rings. The van der Waals surface area contributed by atoms with Crippen LogP contribution in [0.3, 0.4) is 0 Å². The molecule has 1 aliphatic heterocycles. The zero-order valence-corrected chi connectivity index (χ0v) is 23.7. The fraction of sp³-hybridized carbons (Fsp3) is 0.400. The minimum atomic E-state index is -2.70. The van der Waals surface area contributed by atoms with E-state index in [1.54, 1.807) is 24.1 Å². The summed E-state index contributed by atoms with van der Waals surface area (Å²) in [5, 5.41) is 7.19. The largest absolute Gasteiger partial charge is 0.477 e. The van der Waals surface area contributed by atoms with E-state index in [2.05, 4.69) is 32.0 Å². The van der Waals surface area contributed by atoms with E-state index in [0.29, 0.717) is 35.4 Å². The second kappa shape index (κ2) is 10.5. The van der Waals surface area contributed by atoms with E-state index < -0.39 is 17.0 Å². The molecule has 5 aromatic rings. The Bertz CT molecular complexity index is 1800. The van der Waals surface area contributed by atoms with Gasteiger partial charge in [0, 0.05) is 44.6 Å². The lowest BCUT2D eigenvalue weighted by Gasteiger charge is -2.33. The highest BCUT2D eigenvalue weighted by molar-refractivity contribution is 6.59. The minimum absolute atomic E-state index is 0.0908. The lowest BCUT2D eigenvalue weighted by molar-refractivity contribution is 0.0552. The second-order valence-electron chi connectivity index (χ2n) is 11.6. The number of halogens is 2. The van der Waals surface area contributed by atoms with E-state index in [1.165, 1.54) is 0 Å². The zero-order chi connectivity index (χ0) is 29.9. The van der Waals surface area contributed by atoms with Crippen LogP contribution in [-0.4, -0.2) is 78.8 Å². The maximum atomic E-state index is 13.7. The fourth-order valence-corrected chi connectivity index (χ4v) is 6.27. The van der Waals surface area contributed by atoms with Crippen LogP contribution in [0.4, 0.5) is 8.78 Å². The molecule has 1 aromatic carbocycles. The number of hydrogen-bond acceptors (Lipinski definition) is 6. The Hall–Kier alpha value is -3.73. The van der Waals surface area contributed by atoms with Crippen LogP contribution in [0.1, 0.15) is 36.6 Å². The molecule has 43 heavy (non-hydrogen) atoms. The van der Waals surface area contributed by atoms with Crippen molar-refractivity contribution in [2.45, 2.75) is 36.3 Å². The summed E-state index contributed by atoms with van der Waals surface area (Å²) < 4.78 is 43.0. The molecule has 0 N–H and O–H groups in total. The van der Waals surface area contributed by atoms with Gasteiger partial charge in [0.1, 0.15) is 5.52 Å². The van der Waals surface area contributed by atoms with Crippen molar-refractivity contribution in [3.63, 3.8) is 0 Å². The molecule has 1 saturated heterocycles. The molecule has 13 heteroatoms. The van der Waals surface area contributed by atoms with E-state index in [-0.39, 0.29) is 36.6 Å². The number of fused-ring (bicyclic) bond motifs is 3. The molecule has 5 heterocycles. The Labute approximate surface area is 251 Å². The summed E-state index contributed by atoms with van der Waals surface area (Å²) in [5.74, 6) is -3.00. The molecule has 2 fully saturated rings. The van der Waals surface area contributed by atoms with E-state index in [1.807, 2.05) is 30.3 Å². The summed E-state index contributed by atoms with van der Waals surface area (Å²) in [5.41, 5.74) is 4.81. The molecule has 7 rings (SSSR count). The first-order valence-corrected chi connectivity index (χ1v) is 14.3. The van der Waals surface area contributed by atoms with Gasteiger partial charge in [-0.2, -0.15) is 0 Å². The second-order valence-corrected chi connectivity index (χ2v) is 11.6. The smallest absolute Gasteiger partial charge is 0.255 e. The Balaban J connectivity index is 1.48. The van der Waals surface area contributed by atoms with Crippen LogP contribution >= 0.6 is 0 Å². The van der Waals surface area contributed by atoms with Crippen LogP contribution in [0.2, 0.25) is 0 Å². The van der Waals surface area contributed by atoms with Crippen molar-refractivity contribution >= 4 is 45.5 Å². The van der Waals surface area contributed by atoms with Crippen LogP contribution in [0.15, 0.2) is 54.9 Å². The number of nitrogens with zero attached hydrogens (tertiary/aromatic N) is 6. The predicted molar refractivity (Wildman–Crippen MR) is 161 cm³/mol. The summed E-state index contributed by atoms with van der Waals surface area (Å²) in [7, 11) is 19.9. The first-order valence-electron chi connectivity index (χ1n) is 14.3. The summed E-state index contributed by atoms with van der Waals surface area (Å²) in [6.07, 6.45) is 4.88. The van der Waals surface area contributed by atoms with Crippen LogP contribution in [0, 0.1) is 11.8 Å². The molecule has 1 saturated carbocycles. The first kappa shape index (κ1) is 28.1. The van der Waals surface area contributed by atoms with Crippen LogP contribution in [-0.2, 0) is 16.9 Å². The van der Waals surface area contributed by atoms with E-state index in [0.717, 1.165) is 29.4 Å². The predicted octanol–water partition coefficient (Wildman–Crippen LogP) is 4.05. The van der Waals surface area contributed by atoms with Gasteiger partial charge in [0.05, 0.1) is 69.9 Å². The highest BCUT2D eigenvalue weighted by atomic mass is 19.3. The molecule has 1 unspecified atom stereocenters. The minimum Gasteiger partial charge on any atom is -0.477 e. The average molecular weight is 574 g/mol. The fourth-order valence-electron chi connectivity index (χ4n) is 6.27. The quantitative estimate of drug-likeness (QED) is 0.261. The molecule has 0 spiro atoms. The van der Waals surface area contributed by atoms with Crippen molar-refractivity contribution in [1.82, 2.24) is 29.5 Å². The SMILES string of the molecule is [B]C([B])([B])c1nnn(C)c1-c1cnc2c3c(OCC4CC4(F)F)nccc3n([C@H](c3ccccc3)C3CCOCC3)c2c1. The van der Waals surface area contributed by atoms with Crippen molar-refractivity contribution < 1.29 is 18.3 Å². The molecule has 0 amide bonds. The number of ether oxygens (including phenoxy) is 2. The molecule has 4 aromatic heterocycles. The number of benzene rings is 1. The molecule has 0 bridgehead atoms. The number of alkyl halides is 2. The highest BCUT2D eigenvalue weighted by Crippen LogP contribution is 2.49. The van der Waals surface area contributed by atoms with Crippen LogP contribution in [0.5, 0.6) is 5.88 Å². The third-order valence-corrected chi connectivity index (χ3v) is 8.54. The Kier molecular flexibility index (Phi) is 6.83. The first-order chi connectivity index (χ1) is 20.6. The summed E-state index contributed by atoms with van der Waals surface area (Å²) >= 11 is 0. The number of rotatable bonds is 8. The van der Waals surface area contributed by atoms with E-state index >= 15 is 0 Å². The number of aryl methyl sites for hydroxylation is 1. The van der Waals surface area contributed by atoms with Gasteiger partial charge >= 0.3 is 0 Å². The molecular weight excluding hydrogens is 547 g/mol. The van der Waals surface area contributed by atoms with E-state index in [9.17, 15) is 8.78 Å². The van der Waals surface area contributed by atoms with Gasteiger partial charge in [-0.25, -0.2) is 18.4 Å². The molecular formula is C30H27B3F2N6O2. The van der Waals surface area contributed by atoms with Crippen molar-refractivity contribution in [3.8, 4) is 17.1 Å². The maximum absolute atomic E-state index is 13.7. The molecule has 1 aliphatic carbocycles. The standard InChI is InChI=1S/C30H27B3F2N6O2/c1-40-26(27(38-39-40)30(31,32)33)19-13-22-24(37-15-19)23-21(7-10-36-28(23)43-16-20-14-29(20,34)35)41(22)25(17-5-3-2-4-6-17)18-8-11-42-12-9-18/h2-7,10,13,15,18,20,25H,8-9,11-12,14,16H2,1H3/t20?,25-/m1/s1. The van der Waals surface area contributed by atoms with Crippen molar-refractivity contribution in [1.29, 1.82) is 0 Å². The molecule has 8 nitrogen and oxygen atoms in total. The van der Waals surface area contributed by atoms with Gasteiger partial charge in [-0.05, 0) is 36.5 Å². The topological polar surface area (TPSA) is 79.9 Å². The van der Waals surface area contributed by atoms with Gasteiger partial charge in [-0.1, -0.05) is 40.7 Å². The maximum Gasteiger partial charge on any atom is 0.255 e. The highest BCUT2D eigenvalue weighted by Gasteiger charge is 2.57. The Morgan fingerprint density at radius 2 is 1.84 bits per heavy atom. The molecule has 2 atom stereocenters. The number of aromatic nitrogens is 6. The number of hydrogen-bond donors (Lipinski definition) is 0. The van der Waals surface area contributed by atoms with Gasteiger partial charge in [0.25, 0.3) is 5.92 Å². The average Bonchev–Trinajstić information content (AvgIpc) is 3.26. The Morgan fingerprint density at radius 1 is 1.09 bits per heavy atom. The van der Waals surface area contributed by atoms with Gasteiger partial charge in [0.2, 0.25) is 5.88 Å². The van der Waals surface area contributed by atoms with Gasteiger partial charge in [-0.15, -0.1) is 5.10 Å². The lowest BCUT2D eigenvalue weighted by Crippen LogP contribution is -2.28. The number of pyridine rings is 2. The van der Waals surface area contributed by atoms with E-state index in [4.69, 9.17) is 38.0 Å². The summed E-state index contributed by atoms with van der Waals surface area (Å²) in [6, 6.07) is 14.1. The van der Waals surface area contributed by atoms with Crippen LogP contribution < -0.4 is 4.74 Å². The van der Waals surface area contributed by atoms with Gasteiger partial charge in [0.15, 0.2) is 0 Å². The Morgan fingerprint density at radius 3 is 2.53 bits per heavy atom. The van der Waals surface area contributed by atoms with Gasteiger partial charge < -0.3 is 14.0 Å². The summed E-state index contributed by atoms with van der Waals surface area (Å²) in [6.45, 7) is 1.20. The molecule has 212 valence electrons. The van der Waals surface area contributed by atoms with Gasteiger partial charge in [-0.3, -0.25) is 4.98 Å². The monoisotopic (exact) mass is 574 g/mol. The normalized spacial score (nSPS) is 19.6. The van der Waals surface area contributed by atoms with Crippen molar-refractivity contribution in [2.75, 3.05) is 19.8 Å². The lowest BCUT2D eigenvalue weighted by atomic mass is 9.41. The molecule has 6 radical (unpaired) electrons. The summed E-state index contributed by atoms with van der Waals surface area (Å²) in [4.78, 5) is 9.38. The van der Waals surface area contributed by atoms with Crippen molar-refractivity contribution in [3.05, 3.63) is 66.1 Å². The zero-order valence-electron chi connectivity index (χ0n) is 23.7. The third kappa shape index (κ3) is 5.01.